The van der Waals surface area contributed by atoms with Crippen molar-refractivity contribution in [2.45, 2.75) is 32.2 Å². The summed E-state index contributed by atoms with van der Waals surface area (Å²) in [5.41, 5.74) is 1.34. The number of anilines is 1. The molecule has 4 N–H and O–H groups in total. The fourth-order valence-electron chi connectivity index (χ4n) is 2.87. The van der Waals surface area contributed by atoms with Crippen LogP contribution in [0.4, 0.5) is 11.5 Å². The number of aromatic nitrogens is 1. The van der Waals surface area contributed by atoms with Crippen LogP contribution in [0.25, 0.3) is 0 Å². The molecule has 1 aromatic heterocycles. The Hall–Kier alpha value is -3.02. The van der Waals surface area contributed by atoms with Crippen LogP contribution in [0.1, 0.15) is 36.4 Å². The van der Waals surface area contributed by atoms with E-state index in [1.54, 1.807) is 6.20 Å². The van der Waals surface area contributed by atoms with Crippen LogP contribution in [-0.4, -0.2) is 75.4 Å². The Bertz CT molecular complexity index is 970. The summed E-state index contributed by atoms with van der Waals surface area (Å²) < 4.78 is 0. The first-order valence-corrected chi connectivity index (χ1v) is 9.93. The molecule has 1 atom stereocenters. The van der Waals surface area contributed by atoms with Crippen LogP contribution in [0.15, 0.2) is 42.6 Å². The third-order valence-electron chi connectivity index (χ3n) is 4.47. The number of pyridine rings is 1. The van der Waals surface area contributed by atoms with Crippen LogP contribution in [0.2, 0.25) is 0 Å². The summed E-state index contributed by atoms with van der Waals surface area (Å²) in [6.07, 6.45) is 2.02. The van der Waals surface area contributed by atoms with Crippen molar-refractivity contribution in [1.29, 1.82) is 0 Å². The first-order valence-electron chi connectivity index (χ1n) is 9.93. The van der Waals surface area contributed by atoms with Crippen molar-refractivity contribution < 1.29 is 24.4 Å². The maximum absolute atomic E-state index is 12.2. The predicted molar refractivity (Wildman–Crippen MR) is 123 cm³/mol. The number of carboxylic acids is 1. The molecule has 11 nitrogen and oxygen atoms in total. The molecule has 2 rings (SSSR count). The first kappa shape index (κ1) is 28.0. The Labute approximate surface area is 212 Å². The molecular weight excluding hydrogens is 441 g/mol. The zero-order valence-corrected chi connectivity index (χ0v) is 17.5. The third-order valence-corrected chi connectivity index (χ3v) is 4.47. The second kappa shape index (κ2) is 14.2. The molecular formula is C21H26N5NaO6. The van der Waals surface area contributed by atoms with Gasteiger partial charge in [-0.25, -0.2) is 4.98 Å². The molecule has 0 spiro atoms. The second-order valence-electron chi connectivity index (χ2n) is 7.09. The molecule has 0 fully saturated rings. The number of carbonyl (C=O) groups is 3. The Morgan fingerprint density at radius 2 is 1.85 bits per heavy atom. The first-order chi connectivity index (χ1) is 15.2. The van der Waals surface area contributed by atoms with E-state index in [-0.39, 0.29) is 54.1 Å². The van der Waals surface area contributed by atoms with Gasteiger partial charge in [-0.3, -0.25) is 24.5 Å². The molecule has 12 heteroatoms. The molecule has 0 saturated carbocycles. The molecule has 0 saturated heterocycles. The standard InChI is InChI=1S/C21H25N5O6.Na.H/c1-14-8-10-23-18(11-14)22-9-2-3-19(27)24-13-20(28)25-17(12-21(29)30)15-4-6-16(7-5-15)26(31)32;;/h4-8,10-11,17H,2-3,9,12-13H2,1H3,(H,22,23)(H,24,27)(H,25,28)(H,29,30);;. The molecule has 33 heavy (non-hydrogen) atoms. The average Bonchev–Trinajstić information content (AvgIpc) is 2.74. The fraction of sp³-hybridized carbons (Fsp3) is 0.333. The number of aliphatic carboxylic acids is 1. The van der Waals surface area contributed by atoms with Crippen molar-refractivity contribution in [1.82, 2.24) is 15.6 Å². The number of benzene rings is 1. The van der Waals surface area contributed by atoms with Crippen molar-refractivity contribution in [2.24, 2.45) is 0 Å². The quantitative estimate of drug-likeness (QED) is 0.157. The molecule has 0 aliphatic carbocycles. The molecule has 0 aliphatic heterocycles. The van der Waals surface area contributed by atoms with Gasteiger partial charge in [0.15, 0.2) is 0 Å². The van der Waals surface area contributed by atoms with E-state index in [1.807, 2.05) is 19.1 Å². The number of nitrogens with one attached hydrogen (secondary N) is 3. The van der Waals surface area contributed by atoms with E-state index in [0.29, 0.717) is 18.5 Å². The van der Waals surface area contributed by atoms with Crippen LogP contribution in [-0.2, 0) is 14.4 Å². The van der Waals surface area contributed by atoms with Gasteiger partial charge in [0.05, 0.1) is 23.9 Å². The van der Waals surface area contributed by atoms with Crippen molar-refractivity contribution >= 4 is 58.8 Å². The number of aryl methyl sites for hydroxylation is 1. The molecule has 1 aromatic carbocycles. The number of hydrogen-bond acceptors (Lipinski definition) is 7. The van der Waals surface area contributed by atoms with Crippen molar-refractivity contribution in [3.63, 3.8) is 0 Å². The summed E-state index contributed by atoms with van der Waals surface area (Å²) in [4.78, 5) is 49.6. The number of nitro benzene ring substituents is 1. The Morgan fingerprint density at radius 1 is 1.15 bits per heavy atom. The van der Waals surface area contributed by atoms with E-state index in [9.17, 15) is 24.5 Å². The number of nitro groups is 1. The van der Waals surface area contributed by atoms with Gasteiger partial charge in [-0.1, -0.05) is 12.1 Å². The number of hydrogen-bond donors (Lipinski definition) is 4. The SMILES string of the molecule is Cc1ccnc(NCCCC(=O)NCC(=O)NC(CC(=O)O)c2ccc([N+](=O)[O-])cc2)c1.[NaH]. The van der Waals surface area contributed by atoms with Crippen LogP contribution in [0, 0.1) is 17.0 Å². The number of non-ortho nitro benzene ring substituents is 1. The summed E-state index contributed by atoms with van der Waals surface area (Å²) >= 11 is 0. The van der Waals surface area contributed by atoms with Crippen molar-refractivity contribution in [3.05, 3.63) is 63.8 Å². The summed E-state index contributed by atoms with van der Waals surface area (Å²) in [5, 5.41) is 28.0. The minimum absolute atomic E-state index is 0. The number of carboxylic acid groups (broad SMARTS) is 1. The summed E-state index contributed by atoms with van der Waals surface area (Å²) in [5.74, 6) is -1.30. The van der Waals surface area contributed by atoms with Crippen LogP contribution in [0.3, 0.4) is 0 Å². The molecule has 172 valence electrons. The van der Waals surface area contributed by atoms with Gasteiger partial charge in [-0.05, 0) is 36.6 Å². The summed E-state index contributed by atoms with van der Waals surface area (Å²) in [6, 6.07) is 8.14. The second-order valence-corrected chi connectivity index (χ2v) is 7.09. The van der Waals surface area contributed by atoms with Gasteiger partial charge in [0, 0.05) is 31.3 Å². The molecule has 0 bridgehead atoms. The molecule has 2 amide bonds. The topological polar surface area (TPSA) is 164 Å². The van der Waals surface area contributed by atoms with Crippen molar-refractivity contribution in [2.75, 3.05) is 18.4 Å². The van der Waals surface area contributed by atoms with Gasteiger partial charge >= 0.3 is 35.5 Å². The van der Waals surface area contributed by atoms with E-state index >= 15 is 0 Å². The van der Waals surface area contributed by atoms with Gasteiger partial charge in [0.25, 0.3) is 5.69 Å². The van der Waals surface area contributed by atoms with Gasteiger partial charge in [0.2, 0.25) is 11.8 Å². The predicted octanol–water partition coefficient (Wildman–Crippen LogP) is 1.29. The summed E-state index contributed by atoms with van der Waals surface area (Å²) in [6.45, 7) is 2.18. The molecule has 1 heterocycles. The van der Waals surface area contributed by atoms with Crippen LogP contribution >= 0.6 is 0 Å². The fourth-order valence-corrected chi connectivity index (χ4v) is 2.87. The third kappa shape index (κ3) is 10.4. The zero-order valence-electron chi connectivity index (χ0n) is 17.5. The van der Waals surface area contributed by atoms with Crippen LogP contribution in [0.5, 0.6) is 0 Å². The molecule has 0 aliphatic rings. The molecule has 0 radical (unpaired) electrons. The van der Waals surface area contributed by atoms with Gasteiger partial charge < -0.3 is 21.1 Å². The van der Waals surface area contributed by atoms with Gasteiger partial charge in [0.1, 0.15) is 5.82 Å². The number of rotatable bonds is 12. The van der Waals surface area contributed by atoms with Crippen LogP contribution < -0.4 is 16.0 Å². The Morgan fingerprint density at radius 3 is 2.45 bits per heavy atom. The van der Waals surface area contributed by atoms with E-state index in [4.69, 9.17) is 5.11 Å². The van der Waals surface area contributed by atoms with Gasteiger partial charge in [-0.15, -0.1) is 0 Å². The monoisotopic (exact) mass is 467 g/mol. The average molecular weight is 467 g/mol. The van der Waals surface area contributed by atoms with Gasteiger partial charge in [-0.2, -0.15) is 0 Å². The minimum atomic E-state index is -1.15. The Kier molecular flexibility index (Phi) is 12.0. The summed E-state index contributed by atoms with van der Waals surface area (Å²) in [7, 11) is 0. The number of amides is 2. The normalized spacial score (nSPS) is 10.9. The van der Waals surface area contributed by atoms with E-state index in [0.717, 1.165) is 11.4 Å². The Balaban J connectivity index is 0.00000544. The van der Waals surface area contributed by atoms with E-state index < -0.39 is 29.3 Å². The van der Waals surface area contributed by atoms with Crippen molar-refractivity contribution in [3.8, 4) is 0 Å². The molecule has 1 unspecified atom stereocenters. The van der Waals surface area contributed by atoms with E-state index in [2.05, 4.69) is 20.9 Å². The number of nitrogens with zero attached hydrogens (tertiary/aromatic N) is 2. The number of carbonyl (C=O) groups excluding carboxylic acids is 2. The van der Waals surface area contributed by atoms with E-state index in [1.165, 1.54) is 24.3 Å². The maximum atomic E-state index is 12.2. The zero-order chi connectivity index (χ0) is 23.5. The molecule has 2 aromatic rings.